The maximum atomic E-state index is 12.3. The molecular formula is C25H25N5O3. The number of benzene rings is 2. The van der Waals surface area contributed by atoms with Gasteiger partial charge in [-0.1, -0.05) is 12.1 Å². The van der Waals surface area contributed by atoms with E-state index in [9.17, 15) is 9.59 Å². The normalized spacial score (nSPS) is 11.3. The molecule has 4 aromatic rings. The third-order valence-electron chi connectivity index (χ3n) is 4.80. The van der Waals surface area contributed by atoms with Crippen molar-refractivity contribution in [1.29, 1.82) is 0 Å². The predicted octanol–water partition coefficient (Wildman–Crippen LogP) is 5.38. The van der Waals surface area contributed by atoms with Crippen molar-refractivity contribution in [2.24, 2.45) is 0 Å². The van der Waals surface area contributed by atoms with E-state index in [-0.39, 0.29) is 5.56 Å². The largest absolute Gasteiger partial charge is 0.444 e. The smallest absolute Gasteiger partial charge is 0.412 e. The summed E-state index contributed by atoms with van der Waals surface area (Å²) < 4.78 is 5.29. The minimum absolute atomic E-state index is 0.131. The second-order valence-corrected chi connectivity index (χ2v) is 8.66. The van der Waals surface area contributed by atoms with Crippen molar-refractivity contribution in [3.8, 4) is 11.1 Å². The third kappa shape index (κ3) is 5.35. The fraction of sp³-hybridized carbons (Fsp3) is 0.200. The van der Waals surface area contributed by atoms with Gasteiger partial charge in [-0.15, -0.1) is 0 Å². The number of ether oxygens (including phenoxy) is 1. The molecule has 0 spiro atoms. The molecule has 2 heterocycles. The molecule has 4 rings (SSSR count). The van der Waals surface area contributed by atoms with Gasteiger partial charge in [0.25, 0.3) is 5.56 Å². The van der Waals surface area contributed by atoms with E-state index in [1.54, 1.807) is 24.5 Å². The lowest BCUT2D eigenvalue weighted by molar-refractivity contribution is 0.0636. The van der Waals surface area contributed by atoms with Gasteiger partial charge in [-0.25, -0.2) is 14.8 Å². The molecule has 0 fully saturated rings. The molecule has 0 aliphatic carbocycles. The molecule has 0 saturated carbocycles. The Hall–Kier alpha value is -4.20. The average Bonchev–Trinajstić information content (AvgIpc) is 2.72. The van der Waals surface area contributed by atoms with Crippen LogP contribution in [0.3, 0.4) is 0 Å². The third-order valence-corrected chi connectivity index (χ3v) is 4.80. The van der Waals surface area contributed by atoms with Crippen LogP contribution in [-0.2, 0) is 4.74 Å². The van der Waals surface area contributed by atoms with Crippen LogP contribution in [0.4, 0.5) is 22.1 Å². The van der Waals surface area contributed by atoms with E-state index in [2.05, 4.69) is 25.6 Å². The fourth-order valence-corrected chi connectivity index (χ4v) is 3.41. The Morgan fingerprint density at radius 1 is 1.06 bits per heavy atom. The van der Waals surface area contributed by atoms with Gasteiger partial charge in [0.15, 0.2) is 0 Å². The number of anilines is 3. The van der Waals surface area contributed by atoms with Gasteiger partial charge in [-0.3, -0.25) is 10.1 Å². The van der Waals surface area contributed by atoms with E-state index in [0.717, 1.165) is 22.0 Å². The second kappa shape index (κ2) is 8.74. The quantitative estimate of drug-likeness (QED) is 0.390. The Morgan fingerprint density at radius 2 is 1.85 bits per heavy atom. The number of hydrogen-bond acceptors (Lipinski definition) is 6. The molecule has 8 heteroatoms. The van der Waals surface area contributed by atoms with E-state index in [1.807, 2.05) is 64.1 Å². The molecule has 8 nitrogen and oxygen atoms in total. The van der Waals surface area contributed by atoms with E-state index in [4.69, 9.17) is 4.74 Å². The van der Waals surface area contributed by atoms with Crippen LogP contribution in [0.15, 0.2) is 65.7 Å². The number of nitrogens with one attached hydrogen (secondary N) is 3. The van der Waals surface area contributed by atoms with Gasteiger partial charge in [0.2, 0.25) is 5.95 Å². The molecule has 2 aromatic carbocycles. The predicted molar refractivity (Wildman–Crippen MR) is 130 cm³/mol. The van der Waals surface area contributed by atoms with Gasteiger partial charge < -0.3 is 15.0 Å². The van der Waals surface area contributed by atoms with E-state index < -0.39 is 11.7 Å². The summed E-state index contributed by atoms with van der Waals surface area (Å²) >= 11 is 0. The number of nitrogens with zero attached hydrogens (tertiary/aromatic N) is 2. The lowest BCUT2D eigenvalue weighted by Gasteiger charge is -2.19. The van der Waals surface area contributed by atoms with Crippen molar-refractivity contribution in [2.45, 2.75) is 33.3 Å². The van der Waals surface area contributed by atoms with Crippen molar-refractivity contribution in [2.75, 3.05) is 10.6 Å². The zero-order valence-corrected chi connectivity index (χ0v) is 18.9. The molecular weight excluding hydrogens is 418 g/mol. The number of amides is 1. The van der Waals surface area contributed by atoms with E-state index in [1.165, 1.54) is 0 Å². The number of rotatable bonds is 4. The van der Waals surface area contributed by atoms with Crippen molar-refractivity contribution in [3.63, 3.8) is 0 Å². The van der Waals surface area contributed by atoms with Gasteiger partial charge in [-0.2, -0.15) is 0 Å². The molecule has 1 amide bonds. The van der Waals surface area contributed by atoms with Crippen LogP contribution in [0.5, 0.6) is 0 Å². The minimum Gasteiger partial charge on any atom is -0.444 e. The summed E-state index contributed by atoms with van der Waals surface area (Å²) in [7, 11) is 0. The highest BCUT2D eigenvalue weighted by Crippen LogP contribution is 2.25. The van der Waals surface area contributed by atoms with Gasteiger partial charge in [-0.05, 0) is 75.2 Å². The topological polar surface area (TPSA) is 109 Å². The SMILES string of the molecule is Cc1cc[nH]c(=O)c1-c1ccc2nc(Nc3cccc(NC(=O)OC(C)(C)C)c3)ncc2c1. The highest BCUT2D eigenvalue weighted by atomic mass is 16.6. The summed E-state index contributed by atoms with van der Waals surface area (Å²) in [5.74, 6) is 0.415. The van der Waals surface area contributed by atoms with Crippen molar-refractivity contribution in [3.05, 3.63) is 76.8 Å². The Bertz CT molecular complexity index is 1390. The summed E-state index contributed by atoms with van der Waals surface area (Å²) in [5.41, 5.74) is 3.68. The Balaban J connectivity index is 1.54. The number of H-pyrrole nitrogens is 1. The molecule has 168 valence electrons. The number of aromatic nitrogens is 3. The van der Waals surface area contributed by atoms with Crippen molar-refractivity contribution in [1.82, 2.24) is 15.0 Å². The summed E-state index contributed by atoms with van der Waals surface area (Å²) in [6.45, 7) is 7.33. The highest BCUT2D eigenvalue weighted by Gasteiger charge is 2.16. The first-order valence-corrected chi connectivity index (χ1v) is 10.5. The lowest BCUT2D eigenvalue weighted by Crippen LogP contribution is -2.27. The molecule has 0 unspecified atom stereocenters. The van der Waals surface area contributed by atoms with Crippen molar-refractivity contribution >= 4 is 34.3 Å². The molecule has 0 radical (unpaired) electrons. The van der Waals surface area contributed by atoms with Gasteiger partial charge in [0.05, 0.1) is 5.52 Å². The van der Waals surface area contributed by atoms with Crippen LogP contribution in [-0.4, -0.2) is 26.6 Å². The maximum absolute atomic E-state index is 12.3. The zero-order valence-electron chi connectivity index (χ0n) is 18.9. The van der Waals surface area contributed by atoms with Crippen LogP contribution in [0, 0.1) is 6.92 Å². The first-order valence-electron chi connectivity index (χ1n) is 10.5. The molecule has 3 N–H and O–H groups in total. The molecule has 33 heavy (non-hydrogen) atoms. The Morgan fingerprint density at radius 3 is 2.61 bits per heavy atom. The highest BCUT2D eigenvalue weighted by molar-refractivity contribution is 5.87. The van der Waals surface area contributed by atoms with Crippen LogP contribution < -0.4 is 16.2 Å². The molecule has 0 aliphatic heterocycles. The van der Waals surface area contributed by atoms with Crippen LogP contribution in [0.2, 0.25) is 0 Å². The molecule has 0 atom stereocenters. The number of hydrogen-bond donors (Lipinski definition) is 3. The number of aromatic amines is 1. The summed E-state index contributed by atoms with van der Waals surface area (Å²) in [5, 5.41) is 6.69. The molecule has 0 saturated heterocycles. The number of aryl methyl sites for hydroxylation is 1. The molecule has 2 aromatic heterocycles. The zero-order chi connectivity index (χ0) is 23.6. The van der Waals surface area contributed by atoms with Gasteiger partial charge in [0, 0.05) is 34.7 Å². The van der Waals surface area contributed by atoms with Crippen LogP contribution in [0.1, 0.15) is 26.3 Å². The summed E-state index contributed by atoms with van der Waals surface area (Å²) in [6.07, 6.45) is 2.83. The van der Waals surface area contributed by atoms with Gasteiger partial charge >= 0.3 is 6.09 Å². The summed E-state index contributed by atoms with van der Waals surface area (Å²) in [6, 6.07) is 14.7. The fourth-order valence-electron chi connectivity index (χ4n) is 3.41. The number of pyridine rings is 1. The van der Waals surface area contributed by atoms with Crippen molar-refractivity contribution < 1.29 is 9.53 Å². The van der Waals surface area contributed by atoms with E-state index in [0.29, 0.717) is 22.9 Å². The van der Waals surface area contributed by atoms with E-state index >= 15 is 0 Å². The first kappa shape index (κ1) is 22.0. The van der Waals surface area contributed by atoms with Crippen LogP contribution >= 0.6 is 0 Å². The number of fused-ring (bicyclic) bond motifs is 1. The van der Waals surface area contributed by atoms with Crippen LogP contribution in [0.25, 0.3) is 22.0 Å². The molecule has 0 bridgehead atoms. The summed E-state index contributed by atoms with van der Waals surface area (Å²) in [4.78, 5) is 36.0. The average molecular weight is 444 g/mol. The van der Waals surface area contributed by atoms with Gasteiger partial charge in [0.1, 0.15) is 5.60 Å². The maximum Gasteiger partial charge on any atom is 0.412 e. The number of carbonyl (C=O) groups excluding carboxylic acids is 1. The Labute approximate surface area is 191 Å². The standard InChI is InChI=1S/C25H25N5O3/c1-15-10-11-26-22(31)21(15)16-8-9-20-17(12-16)14-27-23(30-20)28-18-6-5-7-19(13-18)29-24(32)33-25(2,3)4/h5-14H,1-4H3,(H,26,31)(H,29,32)(H,27,28,30). The lowest BCUT2D eigenvalue weighted by atomic mass is 10.0. The monoisotopic (exact) mass is 443 g/mol. The number of carbonyl (C=O) groups is 1. The second-order valence-electron chi connectivity index (χ2n) is 8.66. The molecule has 0 aliphatic rings. The first-order chi connectivity index (χ1) is 15.7. The minimum atomic E-state index is -0.578. The Kier molecular flexibility index (Phi) is 5.83.